The summed E-state index contributed by atoms with van der Waals surface area (Å²) in [5.74, 6) is 1.73. The first-order valence-electron chi connectivity index (χ1n) is 6.50. The van der Waals surface area contributed by atoms with Crippen molar-refractivity contribution >= 4 is 0 Å². The Morgan fingerprint density at radius 2 is 1.84 bits per heavy atom. The molecule has 0 atom stereocenters. The molecule has 2 N–H and O–H groups in total. The third-order valence-electron chi connectivity index (χ3n) is 3.54. The standard InChI is InChI=1S/C14H20O5/c1-3-14(16,4-2)8-17-11-6-13-12(18-9-19-13)5-10(11)7-15/h5-6,15-16H,3-4,7-9H2,1-2H3. The predicted octanol–water partition coefficient (Wildman–Crippen LogP) is 1.84. The zero-order chi connectivity index (χ0) is 13.9. The van der Waals surface area contributed by atoms with Crippen LogP contribution < -0.4 is 14.2 Å². The van der Waals surface area contributed by atoms with E-state index in [1.165, 1.54) is 0 Å². The van der Waals surface area contributed by atoms with Crippen molar-refractivity contribution < 1.29 is 24.4 Å². The van der Waals surface area contributed by atoms with E-state index < -0.39 is 5.60 Å². The molecule has 0 saturated carbocycles. The predicted molar refractivity (Wildman–Crippen MR) is 69.5 cm³/mol. The first-order valence-corrected chi connectivity index (χ1v) is 6.50. The lowest BCUT2D eigenvalue weighted by molar-refractivity contribution is -0.0119. The third-order valence-corrected chi connectivity index (χ3v) is 3.54. The monoisotopic (exact) mass is 268 g/mol. The average molecular weight is 268 g/mol. The summed E-state index contributed by atoms with van der Waals surface area (Å²) in [6.45, 7) is 4.05. The Morgan fingerprint density at radius 3 is 2.42 bits per heavy atom. The maximum absolute atomic E-state index is 10.2. The highest BCUT2D eigenvalue weighted by Gasteiger charge is 2.25. The quantitative estimate of drug-likeness (QED) is 0.824. The molecule has 0 saturated heterocycles. The van der Waals surface area contributed by atoms with Crippen LogP contribution in [0.5, 0.6) is 17.2 Å². The van der Waals surface area contributed by atoms with Crippen molar-refractivity contribution in [3.63, 3.8) is 0 Å². The number of aliphatic hydroxyl groups excluding tert-OH is 1. The van der Waals surface area contributed by atoms with Gasteiger partial charge in [0.2, 0.25) is 6.79 Å². The summed E-state index contributed by atoms with van der Waals surface area (Å²) in [6.07, 6.45) is 1.23. The van der Waals surface area contributed by atoms with E-state index >= 15 is 0 Å². The number of rotatable bonds is 6. The Labute approximate surface area is 112 Å². The fraction of sp³-hybridized carbons (Fsp3) is 0.571. The molecule has 1 aliphatic rings. The van der Waals surface area contributed by atoms with Gasteiger partial charge in [0.15, 0.2) is 11.5 Å². The molecule has 0 radical (unpaired) electrons. The fourth-order valence-corrected chi connectivity index (χ4v) is 1.89. The summed E-state index contributed by atoms with van der Waals surface area (Å²) in [5, 5.41) is 19.6. The van der Waals surface area contributed by atoms with Gasteiger partial charge in [0, 0.05) is 11.6 Å². The van der Waals surface area contributed by atoms with Crippen molar-refractivity contribution in [2.24, 2.45) is 0 Å². The van der Waals surface area contributed by atoms with Gasteiger partial charge in [-0.05, 0) is 18.9 Å². The summed E-state index contributed by atoms with van der Waals surface area (Å²) in [5.41, 5.74) is -0.220. The minimum atomic E-state index is -0.844. The molecule has 1 aliphatic heterocycles. The van der Waals surface area contributed by atoms with Crippen LogP contribution in [0.25, 0.3) is 0 Å². The van der Waals surface area contributed by atoms with Gasteiger partial charge in [-0.2, -0.15) is 0 Å². The van der Waals surface area contributed by atoms with E-state index in [0.29, 0.717) is 35.7 Å². The zero-order valence-electron chi connectivity index (χ0n) is 11.3. The molecule has 0 bridgehead atoms. The normalized spacial score (nSPS) is 13.7. The first-order chi connectivity index (χ1) is 9.11. The Morgan fingerprint density at radius 1 is 1.21 bits per heavy atom. The number of fused-ring (bicyclic) bond motifs is 1. The Balaban J connectivity index is 2.16. The topological polar surface area (TPSA) is 68.2 Å². The van der Waals surface area contributed by atoms with Crippen LogP contribution in [0.15, 0.2) is 12.1 Å². The van der Waals surface area contributed by atoms with E-state index in [1.54, 1.807) is 12.1 Å². The number of aliphatic hydroxyl groups is 2. The molecule has 5 heteroatoms. The molecule has 0 fully saturated rings. The molecular weight excluding hydrogens is 248 g/mol. The fourth-order valence-electron chi connectivity index (χ4n) is 1.89. The van der Waals surface area contributed by atoms with Crippen LogP contribution in [0.3, 0.4) is 0 Å². The highest BCUT2D eigenvalue weighted by atomic mass is 16.7. The van der Waals surface area contributed by atoms with E-state index in [4.69, 9.17) is 14.2 Å². The Hall–Kier alpha value is -1.46. The molecule has 1 aromatic rings. The lowest BCUT2D eigenvalue weighted by atomic mass is 9.99. The molecule has 0 unspecified atom stereocenters. The first kappa shape index (κ1) is 14.0. The molecule has 5 nitrogen and oxygen atoms in total. The van der Waals surface area contributed by atoms with E-state index in [0.717, 1.165) is 0 Å². The van der Waals surface area contributed by atoms with Crippen molar-refractivity contribution in [3.05, 3.63) is 17.7 Å². The van der Waals surface area contributed by atoms with Gasteiger partial charge >= 0.3 is 0 Å². The Bertz CT molecular complexity index is 440. The number of hydrogen-bond acceptors (Lipinski definition) is 5. The number of ether oxygens (including phenoxy) is 3. The van der Waals surface area contributed by atoms with Crippen molar-refractivity contribution in [1.29, 1.82) is 0 Å². The largest absolute Gasteiger partial charge is 0.490 e. The second-order valence-electron chi connectivity index (χ2n) is 4.69. The van der Waals surface area contributed by atoms with E-state index in [1.807, 2.05) is 13.8 Å². The molecule has 2 rings (SSSR count). The summed E-state index contributed by atoms with van der Waals surface area (Å²) < 4.78 is 16.2. The molecule has 1 aromatic carbocycles. The second-order valence-corrected chi connectivity index (χ2v) is 4.69. The molecule has 19 heavy (non-hydrogen) atoms. The molecule has 106 valence electrons. The SMILES string of the molecule is CCC(O)(CC)COc1cc2c(cc1CO)OCO2. The number of hydrogen-bond donors (Lipinski definition) is 2. The van der Waals surface area contributed by atoms with Crippen LogP contribution in [0.2, 0.25) is 0 Å². The molecule has 1 heterocycles. The lowest BCUT2D eigenvalue weighted by Gasteiger charge is -2.25. The van der Waals surface area contributed by atoms with Gasteiger partial charge in [-0.25, -0.2) is 0 Å². The van der Waals surface area contributed by atoms with Crippen LogP contribution in [-0.2, 0) is 6.61 Å². The number of benzene rings is 1. The summed E-state index contributed by atoms with van der Waals surface area (Å²) in [4.78, 5) is 0. The van der Waals surface area contributed by atoms with E-state index in [-0.39, 0.29) is 20.0 Å². The van der Waals surface area contributed by atoms with Crippen LogP contribution in [0.1, 0.15) is 32.3 Å². The van der Waals surface area contributed by atoms with Gasteiger partial charge in [0.05, 0.1) is 12.2 Å². The van der Waals surface area contributed by atoms with Crippen LogP contribution >= 0.6 is 0 Å². The van der Waals surface area contributed by atoms with Gasteiger partial charge < -0.3 is 24.4 Å². The van der Waals surface area contributed by atoms with Crippen molar-refractivity contribution in [2.45, 2.75) is 38.9 Å². The van der Waals surface area contributed by atoms with Crippen molar-refractivity contribution in [2.75, 3.05) is 13.4 Å². The highest BCUT2D eigenvalue weighted by Crippen LogP contribution is 2.38. The molecule has 0 amide bonds. The highest BCUT2D eigenvalue weighted by molar-refractivity contribution is 5.51. The van der Waals surface area contributed by atoms with Crippen molar-refractivity contribution in [1.82, 2.24) is 0 Å². The van der Waals surface area contributed by atoms with Crippen LogP contribution in [0.4, 0.5) is 0 Å². The van der Waals surface area contributed by atoms with Gasteiger partial charge in [0.1, 0.15) is 12.4 Å². The Kier molecular flexibility index (Phi) is 4.17. The lowest BCUT2D eigenvalue weighted by Crippen LogP contribution is -2.34. The second kappa shape index (κ2) is 5.67. The van der Waals surface area contributed by atoms with Crippen LogP contribution in [0, 0.1) is 0 Å². The zero-order valence-corrected chi connectivity index (χ0v) is 11.3. The average Bonchev–Trinajstić information content (AvgIpc) is 2.90. The van der Waals surface area contributed by atoms with Gasteiger partial charge in [-0.3, -0.25) is 0 Å². The third kappa shape index (κ3) is 2.93. The molecular formula is C14H20O5. The van der Waals surface area contributed by atoms with Gasteiger partial charge in [-0.15, -0.1) is 0 Å². The summed E-state index contributed by atoms with van der Waals surface area (Å²) >= 11 is 0. The van der Waals surface area contributed by atoms with Crippen molar-refractivity contribution in [3.8, 4) is 17.2 Å². The smallest absolute Gasteiger partial charge is 0.231 e. The minimum Gasteiger partial charge on any atom is -0.490 e. The molecule has 0 spiro atoms. The maximum Gasteiger partial charge on any atom is 0.231 e. The van der Waals surface area contributed by atoms with E-state index in [2.05, 4.69) is 0 Å². The maximum atomic E-state index is 10.2. The van der Waals surface area contributed by atoms with E-state index in [9.17, 15) is 10.2 Å². The summed E-state index contributed by atoms with van der Waals surface area (Å²) in [6, 6.07) is 3.40. The molecule has 0 aliphatic carbocycles. The van der Waals surface area contributed by atoms with Crippen LogP contribution in [-0.4, -0.2) is 29.2 Å². The van der Waals surface area contributed by atoms with Gasteiger partial charge in [-0.1, -0.05) is 13.8 Å². The summed E-state index contributed by atoms with van der Waals surface area (Å²) in [7, 11) is 0. The minimum absolute atomic E-state index is 0.150. The van der Waals surface area contributed by atoms with Gasteiger partial charge in [0.25, 0.3) is 0 Å². The molecule has 0 aromatic heterocycles.